The number of nitrogens with zero attached hydrogens (tertiary/aromatic N) is 3. The van der Waals surface area contributed by atoms with Crippen LogP contribution < -0.4 is 5.32 Å². The number of fused-ring (bicyclic) bond motifs is 7. The van der Waals surface area contributed by atoms with Crippen LogP contribution in [0.2, 0.25) is 0 Å². The van der Waals surface area contributed by atoms with Gasteiger partial charge in [0.05, 0.1) is 32.6 Å². The summed E-state index contributed by atoms with van der Waals surface area (Å²) in [5, 5.41) is 3.52. The molecule has 0 saturated heterocycles. The van der Waals surface area contributed by atoms with E-state index in [1.165, 1.54) is 36.3 Å². The first-order chi connectivity index (χ1) is 13.2. The molecule has 1 amide bonds. The lowest BCUT2D eigenvalue weighted by atomic mass is 10.00. The van der Waals surface area contributed by atoms with Gasteiger partial charge in [0, 0.05) is 17.4 Å². The first-order valence-corrected chi connectivity index (χ1v) is 10.0. The second-order valence-electron chi connectivity index (χ2n) is 7.35. The number of carbonyl (C=O) groups excluding carboxylic acids is 1. The number of aromatic nitrogens is 3. The zero-order valence-corrected chi connectivity index (χ0v) is 15.3. The van der Waals surface area contributed by atoms with E-state index in [2.05, 4.69) is 10.3 Å². The molecule has 4 aromatic rings. The Morgan fingerprint density at radius 3 is 2.52 bits per heavy atom. The maximum atomic E-state index is 12.7. The van der Waals surface area contributed by atoms with Crippen molar-refractivity contribution in [1.29, 1.82) is 0 Å². The minimum absolute atomic E-state index is 0.167. The SMILES string of the molecule is O=C(Nc1nc2ccccc2s1)c1ccc2nc3c(nc2c1)C1CCC3C1. The van der Waals surface area contributed by atoms with E-state index in [0.717, 1.165) is 26.9 Å². The third kappa shape index (κ3) is 2.36. The number of nitrogens with one attached hydrogen (secondary N) is 1. The molecule has 27 heavy (non-hydrogen) atoms. The normalized spacial score (nSPS) is 20.3. The highest BCUT2D eigenvalue weighted by Crippen LogP contribution is 2.51. The first kappa shape index (κ1) is 15.2. The summed E-state index contributed by atoms with van der Waals surface area (Å²) < 4.78 is 1.06. The molecular formula is C21H16N4OS. The van der Waals surface area contributed by atoms with Gasteiger partial charge in [-0.15, -0.1) is 0 Å². The van der Waals surface area contributed by atoms with Gasteiger partial charge in [0.2, 0.25) is 0 Å². The Morgan fingerprint density at radius 1 is 0.926 bits per heavy atom. The maximum Gasteiger partial charge on any atom is 0.257 e. The molecule has 1 fully saturated rings. The minimum Gasteiger partial charge on any atom is -0.298 e. The summed E-state index contributed by atoms with van der Waals surface area (Å²) >= 11 is 1.48. The van der Waals surface area contributed by atoms with Crippen LogP contribution in [-0.4, -0.2) is 20.9 Å². The molecule has 0 radical (unpaired) electrons. The zero-order chi connectivity index (χ0) is 18.0. The number of anilines is 1. The van der Waals surface area contributed by atoms with Crippen molar-refractivity contribution in [2.75, 3.05) is 5.32 Å². The Balaban J connectivity index is 1.34. The van der Waals surface area contributed by atoms with Crippen LogP contribution >= 0.6 is 11.3 Å². The van der Waals surface area contributed by atoms with Crippen molar-refractivity contribution in [3.05, 3.63) is 59.4 Å². The average Bonchev–Trinajstić information content (AvgIpc) is 3.40. The molecule has 2 unspecified atom stereocenters. The minimum atomic E-state index is -0.167. The van der Waals surface area contributed by atoms with E-state index in [1.807, 2.05) is 42.5 Å². The van der Waals surface area contributed by atoms with Crippen LogP contribution in [0.4, 0.5) is 5.13 Å². The van der Waals surface area contributed by atoms with Gasteiger partial charge in [0.15, 0.2) is 5.13 Å². The molecule has 2 atom stereocenters. The second-order valence-corrected chi connectivity index (χ2v) is 8.38. The van der Waals surface area contributed by atoms with Crippen molar-refractivity contribution >= 4 is 43.6 Å². The van der Waals surface area contributed by atoms with Crippen molar-refractivity contribution in [2.45, 2.75) is 31.1 Å². The highest BCUT2D eigenvalue weighted by Gasteiger charge is 2.39. The number of amides is 1. The Kier molecular flexibility index (Phi) is 3.14. The van der Waals surface area contributed by atoms with Crippen LogP contribution in [0.3, 0.4) is 0 Å². The van der Waals surface area contributed by atoms with Crippen LogP contribution in [-0.2, 0) is 0 Å². The lowest BCUT2D eigenvalue weighted by molar-refractivity contribution is 0.102. The fourth-order valence-corrected chi connectivity index (χ4v) is 5.26. The smallest absolute Gasteiger partial charge is 0.257 e. The molecule has 2 bridgehead atoms. The zero-order valence-electron chi connectivity index (χ0n) is 14.5. The van der Waals surface area contributed by atoms with E-state index in [1.54, 1.807) is 0 Å². The summed E-state index contributed by atoms with van der Waals surface area (Å²) in [6.07, 6.45) is 3.65. The number of rotatable bonds is 2. The van der Waals surface area contributed by atoms with Gasteiger partial charge in [-0.3, -0.25) is 10.1 Å². The van der Waals surface area contributed by atoms with Crippen molar-refractivity contribution in [3.8, 4) is 0 Å². The van der Waals surface area contributed by atoms with Gasteiger partial charge < -0.3 is 0 Å². The van der Waals surface area contributed by atoms with E-state index < -0.39 is 0 Å². The number of thiazole rings is 1. The number of benzene rings is 2. The first-order valence-electron chi connectivity index (χ1n) is 9.23. The molecule has 2 aliphatic rings. The highest BCUT2D eigenvalue weighted by molar-refractivity contribution is 7.22. The monoisotopic (exact) mass is 372 g/mol. The number of hydrogen-bond donors (Lipinski definition) is 1. The van der Waals surface area contributed by atoms with E-state index in [-0.39, 0.29) is 5.91 Å². The summed E-state index contributed by atoms with van der Waals surface area (Å²) in [5.74, 6) is 0.978. The van der Waals surface area contributed by atoms with E-state index in [4.69, 9.17) is 9.97 Å². The lowest BCUT2D eigenvalue weighted by Gasteiger charge is -2.14. The van der Waals surface area contributed by atoms with Gasteiger partial charge >= 0.3 is 0 Å². The molecule has 0 spiro atoms. The van der Waals surface area contributed by atoms with Crippen LogP contribution in [0.5, 0.6) is 0 Å². The van der Waals surface area contributed by atoms with Crippen LogP contribution in [0.25, 0.3) is 21.3 Å². The number of hydrogen-bond acceptors (Lipinski definition) is 5. The fourth-order valence-electron chi connectivity index (χ4n) is 4.40. The molecular weight excluding hydrogens is 356 g/mol. The van der Waals surface area contributed by atoms with Crippen molar-refractivity contribution in [2.24, 2.45) is 0 Å². The van der Waals surface area contributed by atoms with E-state index in [0.29, 0.717) is 22.5 Å². The Hall–Kier alpha value is -2.86. The van der Waals surface area contributed by atoms with Crippen LogP contribution in [0, 0.1) is 0 Å². The largest absolute Gasteiger partial charge is 0.298 e. The van der Waals surface area contributed by atoms with Gasteiger partial charge in [0.1, 0.15) is 0 Å². The molecule has 2 aromatic heterocycles. The maximum absolute atomic E-state index is 12.7. The molecule has 5 nitrogen and oxygen atoms in total. The van der Waals surface area contributed by atoms with Gasteiger partial charge in [-0.25, -0.2) is 15.0 Å². The fraction of sp³-hybridized carbons (Fsp3) is 0.238. The van der Waals surface area contributed by atoms with Crippen LogP contribution in [0.1, 0.15) is 52.8 Å². The molecule has 0 aliphatic heterocycles. The lowest BCUT2D eigenvalue weighted by Crippen LogP contribution is -2.12. The molecule has 1 N–H and O–H groups in total. The summed E-state index contributed by atoms with van der Waals surface area (Å²) in [4.78, 5) is 26.9. The van der Waals surface area contributed by atoms with Gasteiger partial charge in [-0.05, 0) is 49.6 Å². The van der Waals surface area contributed by atoms with Crippen molar-refractivity contribution in [3.63, 3.8) is 0 Å². The molecule has 132 valence electrons. The predicted octanol–water partition coefficient (Wildman–Crippen LogP) is 4.86. The standard InChI is InChI=1S/C21H16N4OS/c26-20(25-21-24-15-3-1-2-4-17(15)27-21)13-7-8-14-16(10-13)23-19-12-6-5-11(9-12)18(19)22-14/h1-4,7-8,10-12H,5-6,9H2,(H,24,25,26). The predicted molar refractivity (Wildman–Crippen MR) is 106 cm³/mol. The van der Waals surface area contributed by atoms with Crippen molar-refractivity contribution in [1.82, 2.24) is 15.0 Å². The Bertz CT molecular complexity index is 1200. The summed E-state index contributed by atoms with van der Waals surface area (Å²) in [6, 6.07) is 13.4. The van der Waals surface area contributed by atoms with Crippen LogP contribution in [0.15, 0.2) is 42.5 Å². The number of carbonyl (C=O) groups is 1. The third-order valence-electron chi connectivity index (χ3n) is 5.70. The molecule has 1 saturated carbocycles. The Morgan fingerprint density at radius 2 is 1.70 bits per heavy atom. The molecule has 6 rings (SSSR count). The van der Waals surface area contributed by atoms with Gasteiger partial charge in [-0.1, -0.05) is 23.5 Å². The third-order valence-corrected chi connectivity index (χ3v) is 6.65. The Labute approximate surface area is 159 Å². The average molecular weight is 372 g/mol. The highest BCUT2D eigenvalue weighted by atomic mass is 32.1. The molecule has 2 aromatic carbocycles. The summed E-state index contributed by atoms with van der Waals surface area (Å²) in [6.45, 7) is 0. The molecule has 2 heterocycles. The topological polar surface area (TPSA) is 67.8 Å². The summed E-state index contributed by atoms with van der Waals surface area (Å²) in [5.41, 5.74) is 5.50. The molecule has 2 aliphatic carbocycles. The number of para-hydroxylation sites is 1. The van der Waals surface area contributed by atoms with E-state index in [9.17, 15) is 4.79 Å². The molecule has 6 heteroatoms. The van der Waals surface area contributed by atoms with Crippen molar-refractivity contribution < 1.29 is 4.79 Å². The quantitative estimate of drug-likeness (QED) is 0.546. The summed E-state index contributed by atoms with van der Waals surface area (Å²) in [7, 11) is 0. The van der Waals surface area contributed by atoms with Gasteiger partial charge in [0.25, 0.3) is 5.91 Å². The van der Waals surface area contributed by atoms with Gasteiger partial charge in [-0.2, -0.15) is 0 Å². The second kappa shape index (κ2) is 5.57. The van der Waals surface area contributed by atoms with E-state index >= 15 is 0 Å².